The van der Waals surface area contributed by atoms with Crippen LogP contribution < -0.4 is 0 Å². The number of benzene rings is 9. The van der Waals surface area contributed by atoms with E-state index in [4.69, 9.17) is 8.83 Å². The smallest absolute Gasteiger partial charge is 0.143 e. The average molecular weight is 769 g/mol. The molecule has 2 heterocycles. The second kappa shape index (κ2) is 13.3. The molecule has 1 aliphatic carbocycles. The number of rotatable bonds is 6. The van der Waals surface area contributed by atoms with E-state index in [1.165, 1.54) is 50.1 Å². The lowest BCUT2D eigenvalue weighted by Crippen LogP contribution is -2.16. The molecule has 0 fully saturated rings. The molecule has 2 aromatic heterocycles. The van der Waals surface area contributed by atoms with Gasteiger partial charge in [-0.1, -0.05) is 196 Å². The van der Waals surface area contributed by atoms with Crippen molar-refractivity contribution in [3.8, 4) is 44.5 Å². The summed E-state index contributed by atoms with van der Waals surface area (Å²) in [4.78, 5) is 0. The van der Waals surface area contributed by atoms with Gasteiger partial charge in [0.05, 0.1) is 0 Å². The Morgan fingerprint density at radius 2 is 0.783 bits per heavy atom. The molecule has 0 radical (unpaired) electrons. The molecule has 2 nitrogen and oxygen atoms in total. The third-order valence-corrected chi connectivity index (χ3v) is 13.1. The second-order valence-electron chi connectivity index (χ2n) is 16.8. The van der Waals surface area contributed by atoms with Crippen LogP contribution in [0, 0.1) is 0 Å². The van der Waals surface area contributed by atoms with E-state index < -0.39 is 0 Å². The van der Waals surface area contributed by atoms with Gasteiger partial charge in [0, 0.05) is 44.0 Å². The lowest BCUT2D eigenvalue weighted by Gasteiger charge is -2.25. The van der Waals surface area contributed by atoms with Gasteiger partial charge in [0.25, 0.3) is 0 Å². The molecule has 0 atom stereocenters. The van der Waals surface area contributed by atoms with Crippen molar-refractivity contribution in [3.05, 3.63) is 228 Å². The Morgan fingerprint density at radius 3 is 1.35 bits per heavy atom. The molecule has 0 saturated carbocycles. The van der Waals surface area contributed by atoms with E-state index in [1.54, 1.807) is 0 Å². The number of hydrogen-bond acceptors (Lipinski definition) is 2. The maximum absolute atomic E-state index is 6.46. The van der Waals surface area contributed by atoms with Crippen molar-refractivity contribution in [2.75, 3.05) is 0 Å². The van der Waals surface area contributed by atoms with Crippen LogP contribution in [-0.4, -0.2) is 0 Å². The van der Waals surface area contributed by atoms with Crippen LogP contribution in [0.4, 0.5) is 0 Å². The van der Waals surface area contributed by atoms with Gasteiger partial charge in [0.1, 0.15) is 22.3 Å². The average Bonchev–Trinajstić information content (AvgIpc) is 3.95. The first-order valence-corrected chi connectivity index (χ1v) is 20.9. The fourth-order valence-electron chi connectivity index (χ4n) is 9.98. The summed E-state index contributed by atoms with van der Waals surface area (Å²) in [6, 6.07) is 72.7. The molecule has 0 amide bonds. The zero-order valence-electron chi connectivity index (χ0n) is 33.4. The molecule has 0 saturated heterocycles. The summed E-state index contributed by atoms with van der Waals surface area (Å²) < 4.78 is 12.9. The van der Waals surface area contributed by atoms with Crippen molar-refractivity contribution in [2.24, 2.45) is 0 Å². The van der Waals surface area contributed by atoms with Crippen molar-refractivity contribution < 1.29 is 8.83 Å². The van der Waals surface area contributed by atoms with E-state index in [2.05, 4.69) is 190 Å². The van der Waals surface area contributed by atoms with Crippen LogP contribution in [0.15, 0.2) is 209 Å². The van der Waals surface area contributed by atoms with Crippen LogP contribution >= 0.6 is 0 Å². The van der Waals surface area contributed by atoms with Crippen LogP contribution in [0.1, 0.15) is 47.6 Å². The highest BCUT2D eigenvalue weighted by atomic mass is 16.3. The summed E-state index contributed by atoms with van der Waals surface area (Å²) in [6.45, 7) is 4.76. The van der Waals surface area contributed by atoms with Crippen LogP contribution in [0.25, 0.3) is 88.4 Å². The van der Waals surface area contributed by atoms with Crippen molar-refractivity contribution >= 4 is 43.9 Å². The number of fused-ring (bicyclic) bond motifs is 9. The third kappa shape index (κ3) is 5.34. The molecule has 0 aliphatic heterocycles. The van der Waals surface area contributed by atoms with Gasteiger partial charge in [-0.25, -0.2) is 0 Å². The van der Waals surface area contributed by atoms with E-state index in [-0.39, 0.29) is 11.3 Å². The first-order valence-electron chi connectivity index (χ1n) is 20.9. The normalized spacial score (nSPS) is 13.1. The highest BCUT2D eigenvalue weighted by Crippen LogP contribution is 2.51. The van der Waals surface area contributed by atoms with Crippen LogP contribution in [0.3, 0.4) is 0 Å². The molecular formula is C58H40O2. The quantitative estimate of drug-likeness (QED) is 0.158. The molecular weight excluding hydrogens is 729 g/mol. The third-order valence-electron chi connectivity index (χ3n) is 13.1. The predicted octanol–water partition coefficient (Wildman–Crippen LogP) is 16.0. The summed E-state index contributed by atoms with van der Waals surface area (Å²) in [7, 11) is 0. The Hall–Kier alpha value is -7.42. The largest absolute Gasteiger partial charge is 0.455 e. The lowest BCUT2D eigenvalue weighted by atomic mass is 9.78. The van der Waals surface area contributed by atoms with E-state index in [9.17, 15) is 0 Å². The zero-order valence-corrected chi connectivity index (χ0v) is 33.4. The molecule has 9 aromatic carbocycles. The van der Waals surface area contributed by atoms with Crippen LogP contribution in [-0.2, 0) is 5.41 Å². The number of para-hydroxylation sites is 4. The van der Waals surface area contributed by atoms with Crippen LogP contribution in [0.2, 0.25) is 0 Å². The van der Waals surface area contributed by atoms with Gasteiger partial charge in [0.2, 0.25) is 0 Å². The summed E-state index contributed by atoms with van der Waals surface area (Å²) in [5, 5.41) is 4.57. The second-order valence-corrected chi connectivity index (χ2v) is 16.8. The highest BCUT2D eigenvalue weighted by molar-refractivity contribution is 6.10. The van der Waals surface area contributed by atoms with Gasteiger partial charge in [-0.3, -0.25) is 0 Å². The van der Waals surface area contributed by atoms with E-state index in [0.717, 1.165) is 66.1 Å². The van der Waals surface area contributed by atoms with Gasteiger partial charge in [0.15, 0.2) is 0 Å². The minimum absolute atomic E-state index is 0.00165. The fraction of sp³-hybridized carbons (Fsp3) is 0.0690. The Balaban J connectivity index is 0.973. The summed E-state index contributed by atoms with van der Waals surface area (Å²) in [5.74, 6) is 0.00165. The van der Waals surface area contributed by atoms with E-state index >= 15 is 0 Å². The summed E-state index contributed by atoms with van der Waals surface area (Å²) in [6.07, 6.45) is 0. The molecule has 1 aliphatic rings. The van der Waals surface area contributed by atoms with Gasteiger partial charge in [-0.05, 0) is 79.4 Å². The fourth-order valence-corrected chi connectivity index (χ4v) is 9.98. The van der Waals surface area contributed by atoms with Gasteiger partial charge in [-0.15, -0.1) is 0 Å². The predicted molar refractivity (Wildman–Crippen MR) is 249 cm³/mol. The van der Waals surface area contributed by atoms with Gasteiger partial charge in [-0.2, -0.15) is 0 Å². The topological polar surface area (TPSA) is 26.3 Å². The Morgan fingerprint density at radius 1 is 0.333 bits per heavy atom. The van der Waals surface area contributed by atoms with Crippen molar-refractivity contribution in [3.63, 3.8) is 0 Å². The standard InChI is InChI=1S/C58H40O2/c1-58(2)51-34-41(36-12-4-3-5-13-36)30-32-45(51)46-33-31-42(35-52(46)58)55(39-26-22-37(23-27-39)43-16-10-18-49-47-14-6-8-20-53(47)59-56(43)49)40-28-24-38(25-29-40)44-17-11-19-50-48-15-7-9-21-54(48)60-57(44)50/h3-35,55H,1-2H3. The van der Waals surface area contributed by atoms with Gasteiger partial charge >= 0.3 is 0 Å². The number of hydrogen-bond donors (Lipinski definition) is 0. The van der Waals surface area contributed by atoms with Crippen molar-refractivity contribution in [2.45, 2.75) is 25.2 Å². The maximum atomic E-state index is 6.46. The molecule has 284 valence electrons. The van der Waals surface area contributed by atoms with Crippen molar-refractivity contribution in [1.29, 1.82) is 0 Å². The molecule has 0 N–H and O–H groups in total. The minimum atomic E-state index is -0.166. The highest BCUT2D eigenvalue weighted by Gasteiger charge is 2.36. The Kier molecular flexibility index (Phi) is 7.68. The van der Waals surface area contributed by atoms with E-state index in [1.807, 2.05) is 24.3 Å². The minimum Gasteiger partial charge on any atom is -0.455 e. The van der Waals surface area contributed by atoms with Gasteiger partial charge < -0.3 is 8.83 Å². The summed E-state index contributed by atoms with van der Waals surface area (Å²) >= 11 is 0. The monoisotopic (exact) mass is 768 g/mol. The Labute approximate surface area is 349 Å². The lowest BCUT2D eigenvalue weighted by molar-refractivity contribution is 0.659. The summed E-state index contributed by atoms with van der Waals surface area (Å²) in [5.41, 5.74) is 19.6. The Bertz CT molecular complexity index is 3280. The molecule has 0 bridgehead atoms. The molecule has 2 heteroatoms. The first-order chi connectivity index (χ1) is 29.5. The number of furan rings is 2. The van der Waals surface area contributed by atoms with Crippen molar-refractivity contribution in [1.82, 2.24) is 0 Å². The SMILES string of the molecule is CC1(C)c2cc(-c3ccccc3)ccc2-c2ccc(C(c3ccc(-c4cccc5c4oc4ccccc45)cc3)c3ccc(-c4cccc5c4oc4ccccc45)cc3)cc21. The molecule has 0 unspecified atom stereocenters. The van der Waals surface area contributed by atoms with Crippen LogP contribution in [0.5, 0.6) is 0 Å². The van der Waals surface area contributed by atoms with E-state index in [0.29, 0.717) is 0 Å². The molecule has 11 aromatic rings. The molecule has 60 heavy (non-hydrogen) atoms. The molecule has 12 rings (SSSR count). The maximum Gasteiger partial charge on any atom is 0.143 e. The molecule has 0 spiro atoms. The zero-order chi connectivity index (χ0) is 40.0. The first kappa shape index (κ1) is 34.6.